The van der Waals surface area contributed by atoms with Crippen molar-refractivity contribution in [3.63, 3.8) is 0 Å². The molecule has 19 heavy (non-hydrogen) atoms. The Morgan fingerprint density at radius 3 is 2.68 bits per heavy atom. The van der Waals surface area contributed by atoms with Gasteiger partial charge in [0.05, 0.1) is 29.0 Å². The molecule has 3 N–H and O–H groups in total. The highest BCUT2D eigenvalue weighted by Crippen LogP contribution is 2.32. The van der Waals surface area contributed by atoms with Gasteiger partial charge < -0.3 is 0 Å². The first-order valence-corrected chi connectivity index (χ1v) is 7.37. The molecule has 0 spiro atoms. The summed E-state index contributed by atoms with van der Waals surface area (Å²) in [6.45, 7) is 0. The number of nitrogens with one attached hydrogen (secondary N) is 1. The number of aromatic nitrogens is 2. The third-order valence-corrected chi connectivity index (χ3v) is 4.77. The summed E-state index contributed by atoms with van der Waals surface area (Å²) >= 11 is 5.15. The van der Waals surface area contributed by atoms with E-state index >= 15 is 0 Å². The number of rotatable bonds is 3. The molecule has 0 fully saturated rings. The van der Waals surface area contributed by atoms with Crippen molar-refractivity contribution in [3.8, 4) is 0 Å². The van der Waals surface area contributed by atoms with Crippen LogP contribution in [0.4, 0.5) is 0 Å². The summed E-state index contributed by atoms with van der Waals surface area (Å²) in [6.07, 6.45) is 1.76. The average molecular weight is 335 g/mol. The molecule has 1 unspecified atom stereocenters. The molecule has 0 saturated heterocycles. The van der Waals surface area contributed by atoms with Crippen LogP contribution in [0.2, 0.25) is 0 Å². The fourth-order valence-electron chi connectivity index (χ4n) is 1.92. The Morgan fingerprint density at radius 2 is 2.00 bits per heavy atom. The molecule has 2 aromatic heterocycles. The molecule has 0 bridgehead atoms. The summed E-state index contributed by atoms with van der Waals surface area (Å²) in [5, 5.41) is 2.01. The van der Waals surface area contributed by atoms with Gasteiger partial charge in [0.2, 0.25) is 0 Å². The van der Waals surface area contributed by atoms with Gasteiger partial charge in [0.1, 0.15) is 0 Å². The lowest BCUT2D eigenvalue weighted by atomic mass is 10.2. The van der Waals surface area contributed by atoms with Gasteiger partial charge in [-0.2, -0.15) is 0 Å². The maximum absolute atomic E-state index is 5.68. The maximum Gasteiger partial charge on any atom is 0.1000 e. The number of benzene rings is 1. The van der Waals surface area contributed by atoms with Crippen LogP contribution in [0.15, 0.2) is 46.4 Å². The van der Waals surface area contributed by atoms with Gasteiger partial charge in [0.25, 0.3) is 0 Å². The summed E-state index contributed by atoms with van der Waals surface area (Å²) < 4.78 is 1.02. The fourth-order valence-corrected chi connectivity index (χ4v) is 3.59. The van der Waals surface area contributed by atoms with E-state index in [1.807, 2.05) is 35.7 Å². The largest absolute Gasteiger partial charge is 0.270 e. The zero-order chi connectivity index (χ0) is 13.2. The Labute approximate surface area is 122 Å². The van der Waals surface area contributed by atoms with Crippen LogP contribution in [0, 0.1) is 0 Å². The predicted octanol–water partition coefficient (Wildman–Crippen LogP) is 3.01. The molecule has 96 valence electrons. The number of hydrogen-bond acceptors (Lipinski definition) is 5. The van der Waals surface area contributed by atoms with Gasteiger partial charge in [-0.15, -0.1) is 11.3 Å². The summed E-state index contributed by atoms with van der Waals surface area (Å²) in [6, 6.07) is 9.63. The molecule has 4 nitrogen and oxygen atoms in total. The Morgan fingerprint density at radius 1 is 1.21 bits per heavy atom. The quantitative estimate of drug-likeness (QED) is 0.570. The third-order valence-electron chi connectivity index (χ3n) is 2.84. The van der Waals surface area contributed by atoms with E-state index in [9.17, 15) is 0 Å². The Balaban J connectivity index is 2.09. The summed E-state index contributed by atoms with van der Waals surface area (Å²) in [5.74, 6) is 5.68. The lowest BCUT2D eigenvalue weighted by molar-refractivity contribution is 0.628. The number of hydrogen-bond donors (Lipinski definition) is 2. The number of thiophene rings is 1. The standard InChI is InChI=1S/C13H11BrN4S/c14-8-5-6-19-13(8)12(18-15)11-7-16-9-3-1-2-4-10(9)17-11/h1-7,12,18H,15H2. The third kappa shape index (κ3) is 2.40. The first-order chi connectivity index (χ1) is 9.29. The average Bonchev–Trinajstić information content (AvgIpc) is 2.86. The summed E-state index contributed by atoms with van der Waals surface area (Å²) in [7, 11) is 0. The SMILES string of the molecule is NNC(c1cnc2ccccc2n1)c1sccc1Br. The van der Waals surface area contributed by atoms with E-state index in [0.717, 1.165) is 26.1 Å². The Hall–Kier alpha value is -1.34. The van der Waals surface area contributed by atoms with Gasteiger partial charge in [-0.3, -0.25) is 10.8 Å². The van der Waals surface area contributed by atoms with Gasteiger partial charge in [0.15, 0.2) is 0 Å². The van der Waals surface area contributed by atoms with Gasteiger partial charge in [0, 0.05) is 9.35 Å². The molecule has 0 aliphatic carbocycles. The van der Waals surface area contributed by atoms with Crippen molar-refractivity contribution < 1.29 is 0 Å². The molecule has 0 aliphatic rings. The van der Waals surface area contributed by atoms with Gasteiger partial charge in [-0.25, -0.2) is 10.4 Å². The molecule has 6 heteroatoms. The van der Waals surface area contributed by atoms with Crippen LogP contribution in [0.1, 0.15) is 16.6 Å². The van der Waals surface area contributed by atoms with Crippen LogP contribution in [-0.4, -0.2) is 9.97 Å². The van der Waals surface area contributed by atoms with Crippen LogP contribution in [0.5, 0.6) is 0 Å². The Bertz CT molecular complexity index is 712. The van der Waals surface area contributed by atoms with Crippen LogP contribution in [-0.2, 0) is 0 Å². The van der Waals surface area contributed by atoms with E-state index in [-0.39, 0.29) is 6.04 Å². The molecule has 1 atom stereocenters. The molecule has 0 saturated carbocycles. The number of hydrazine groups is 1. The molecule has 3 rings (SSSR count). The molecule has 0 aliphatic heterocycles. The highest BCUT2D eigenvalue weighted by molar-refractivity contribution is 9.10. The molecular formula is C13H11BrN4S. The molecule has 0 radical (unpaired) electrons. The highest BCUT2D eigenvalue weighted by Gasteiger charge is 2.18. The number of fused-ring (bicyclic) bond motifs is 1. The number of para-hydroxylation sites is 2. The zero-order valence-corrected chi connectivity index (χ0v) is 12.3. The van der Waals surface area contributed by atoms with Crippen molar-refractivity contribution in [1.29, 1.82) is 0 Å². The monoisotopic (exact) mass is 334 g/mol. The van der Waals surface area contributed by atoms with Crippen molar-refractivity contribution in [1.82, 2.24) is 15.4 Å². The topological polar surface area (TPSA) is 63.8 Å². The number of nitrogens with two attached hydrogens (primary N) is 1. The summed E-state index contributed by atoms with van der Waals surface area (Å²) in [4.78, 5) is 10.1. The zero-order valence-electron chi connectivity index (χ0n) is 9.88. The first-order valence-electron chi connectivity index (χ1n) is 5.70. The van der Waals surface area contributed by atoms with Gasteiger partial charge in [-0.05, 0) is 39.5 Å². The van der Waals surface area contributed by atoms with Crippen molar-refractivity contribution in [2.24, 2.45) is 5.84 Å². The maximum atomic E-state index is 5.68. The van der Waals surface area contributed by atoms with E-state index < -0.39 is 0 Å². The first kappa shape index (κ1) is 12.7. The Kier molecular flexibility index (Phi) is 3.56. The summed E-state index contributed by atoms with van der Waals surface area (Å²) in [5.41, 5.74) is 5.36. The fraction of sp³-hybridized carbons (Fsp3) is 0.0769. The second-order valence-electron chi connectivity index (χ2n) is 4.02. The van der Waals surface area contributed by atoms with E-state index in [2.05, 4.69) is 31.3 Å². The minimum absolute atomic E-state index is 0.161. The van der Waals surface area contributed by atoms with Gasteiger partial charge >= 0.3 is 0 Å². The predicted molar refractivity (Wildman–Crippen MR) is 80.7 cm³/mol. The van der Waals surface area contributed by atoms with Gasteiger partial charge in [-0.1, -0.05) is 12.1 Å². The normalized spacial score (nSPS) is 12.7. The molecule has 1 aromatic carbocycles. The van der Waals surface area contributed by atoms with Crippen LogP contribution < -0.4 is 11.3 Å². The van der Waals surface area contributed by atoms with Crippen LogP contribution in [0.25, 0.3) is 11.0 Å². The minimum Gasteiger partial charge on any atom is -0.270 e. The smallest absolute Gasteiger partial charge is 0.1000 e. The minimum atomic E-state index is -0.161. The van der Waals surface area contributed by atoms with E-state index in [0.29, 0.717) is 0 Å². The lowest BCUT2D eigenvalue weighted by Gasteiger charge is -2.14. The second kappa shape index (κ2) is 5.34. The number of halogens is 1. The molecular weight excluding hydrogens is 324 g/mol. The van der Waals surface area contributed by atoms with E-state index in [4.69, 9.17) is 5.84 Å². The molecule has 0 amide bonds. The second-order valence-corrected chi connectivity index (χ2v) is 5.82. The highest BCUT2D eigenvalue weighted by atomic mass is 79.9. The molecule has 3 aromatic rings. The van der Waals surface area contributed by atoms with Crippen molar-refractivity contribution >= 4 is 38.3 Å². The van der Waals surface area contributed by atoms with Crippen molar-refractivity contribution in [2.45, 2.75) is 6.04 Å². The molecule has 2 heterocycles. The van der Waals surface area contributed by atoms with E-state index in [1.54, 1.807) is 17.5 Å². The van der Waals surface area contributed by atoms with Crippen LogP contribution in [0.3, 0.4) is 0 Å². The number of nitrogens with zero attached hydrogens (tertiary/aromatic N) is 2. The van der Waals surface area contributed by atoms with Crippen LogP contribution >= 0.6 is 27.3 Å². The lowest BCUT2D eigenvalue weighted by Crippen LogP contribution is -2.29. The van der Waals surface area contributed by atoms with Crippen molar-refractivity contribution in [3.05, 3.63) is 57.0 Å². The van der Waals surface area contributed by atoms with E-state index in [1.165, 1.54) is 0 Å². The van der Waals surface area contributed by atoms with Crippen molar-refractivity contribution in [2.75, 3.05) is 0 Å².